The van der Waals surface area contributed by atoms with Gasteiger partial charge in [-0.15, -0.1) is 0 Å². The van der Waals surface area contributed by atoms with Crippen LogP contribution in [0.25, 0.3) is 10.9 Å². The highest BCUT2D eigenvalue weighted by Crippen LogP contribution is 2.28. The van der Waals surface area contributed by atoms with Crippen LogP contribution in [0.3, 0.4) is 0 Å². The van der Waals surface area contributed by atoms with Gasteiger partial charge in [-0.3, -0.25) is 10.2 Å². The Labute approximate surface area is 190 Å². The summed E-state index contributed by atoms with van der Waals surface area (Å²) in [5, 5.41) is 26.1. The van der Waals surface area contributed by atoms with E-state index in [1.54, 1.807) is 0 Å². The lowest BCUT2D eigenvalue weighted by Gasteiger charge is -2.40. The van der Waals surface area contributed by atoms with Gasteiger partial charge in [0, 0.05) is 37.0 Å². The summed E-state index contributed by atoms with van der Waals surface area (Å²) in [5.74, 6) is 0.443. The molecule has 4 N–H and O–H groups in total. The van der Waals surface area contributed by atoms with Crippen LogP contribution in [-0.2, 0) is 0 Å². The average Bonchev–Trinajstić information content (AvgIpc) is 2.80. The zero-order chi connectivity index (χ0) is 22.7. The van der Waals surface area contributed by atoms with Gasteiger partial charge in [0.05, 0.1) is 23.0 Å². The van der Waals surface area contributed by atoms with Crippen molar-refractivity contribution in [2.24, 2.45) is 0 Å². The summed E-state index contributed by atoms with van der Waals surface area (Å²) in [6.07, 6.45) is 6.95. The Morgan fingerprint density at radius 1 is 1.22 bits per heavy atom. The monoisotopic (exact) mass is 437 g/mol. The molecule has 0 radical (unpaired) electrons. The number of amidine groups is 1. The quantitative estimate of drug-likeness (QED) is 0.424. The lowest BCUT2D eigenvalue weighted by molar-refractivity contribution is 0.0968. The highest BCUT2D eigenvalue weighted by atomic mass is 16.3. The van der Waals surface area contributed by atoms with Crippen LogP contribution in [0.1, 0.15) is 67.8 Å². The van der Waals surface area contributed by atoms with Crippen LogP contribution in [0.5, 0.6) is 0 Å². The minimum Gasteiger partial charge on any atom is -0.390 e. The summed E-state index contributed by atoms with van der Waals surface area (Å²) >= 11 is 0. The van der Waals surface area contributed by atoms with Gasteiger partial charge in [-0.1, -0.05) is 37.8 Å². The molecule has 7 nitrogen and oxygen atoms in total. The third-order valence-electron chi connectivity index (χ3n) is 6.75. The van der Waals surface area contributed by atoms with Crippen molar-refractivity contribution in [2.45, 2.75) is 77.0 Å². The van der Waals surface area contributed by atoms with Gasteiger partial charge in [0.1, 0.15) is 5.82 Å². The van der Waals surface area contributed by atoms with Gasteiger partial charge in [-0.25, -0.2) is 4.98 Å². The fourth-order valence-electron chi connectivity index (χ4n) is 4.88. The molecule has 32 heavy (non-hydrogen) atoms. The van der Waals surface area contributed by atoms with Crippen LogP contribution in [0.15, 0.2) is 24.3 Å². The fourth-order valence-corrected chi connectivity index (χ4v) is 4.88. The van der Waals surface area contributed by atoms with E-state index in [1.807, 2.05) is 43.0 Å². The second-order valence-corrected chi connectivity index (χ2v) is 9.25. The third-order valence-corrected chi connectivity index (χ3v) is 6.75. The molecular formula is C25H35N5O2. The van der Waals surface area contributed by atoms with Crippen molar-refractivity contribution in [2.75, 3.05) is 18.0 Å². The van der Waals surface area contributed by atoms with E-state index in [9.17, 15) is 9.90 Å². The van der Waals surface area contributed by atoms with E-state index < -0.39 is 6.10 Å². The van der Waals surface area contributed by atoms with Crippen LogP contribution in [0, 0.1) is 12.3 Å². The molecule has 1 aliphatic carbocycles. The summed E-state index contributed by atoms with van der Waals surface area (Å²) in [7, 11) is 0. The maximum Gasteiger partial charge on any atom is 0.260 e. The number of aromatic nitrogens is 1. The molecule has 1 amide bonds. The minimum absolute atomic E-state index is 0.0722. The SMILES string of the molecule is CCC(=N)NC(=O)c1cc2cc(C)ccc2nc1N1CC[C@H](NC2CCCCC2)[C@H](O)C1. The lowest BCUT2D eigenvalue weighted by Crippen LogP contribution is -2.55. The number of carbonyl (C=O) groups excluding carboxylic acids is 1. The number of fused-ring (bicyclic) bond motifs is 1. The topological polar surface area (TPSA) is 101 Å². The van der Waals surface area contributed by atoms with Gasteiger partial charge in [0.25, 0.3) is 5.91 Å². The van der Waals surface area contributed by atoms with E-state index in [0.717, 1.165) is 29.4 Å². The molecule has 2 heterocycles. The molecule has 2 aromatic rings. The van der Waals surface area contributed by atoms with Crippen LogP contribution < -0.4 is 15.5 Å². The van der Waals surface area contributed by atoms with Gasteiger partial charge < -0.3 is 20.6 Å². The van der Waals surface area contributed by atoms with Crippen LogP contribution in [0.4, 0.5) is 5.82 Å². The molecule has 1 aliphatic heterocycles. The number of piperidine rings is 1. The summed E-state index contributed by atoms with van der Waals surface area (Å²) in [4.78, 5) is 19.9. The van der Waals surface area contributed by atoms with Crippen molar-refractivity contribution in [1.29, 1.82) is 5.41 Å². The molecule has 1 saturated heterocycles. The second-order valence-electron chi connectivity index (χ2n) is 9.25. The van der Waals surface area contributed by atoms with Crippen molar-refractivity contribution in [3.8, 4) is 0 Å². The Bertz CT molecular complexity index is 986. The number of carbonyl (C=O) groups is 1. The van der Waals surface area contributed by atoms with E-state index in [1.165, 1.54) is 32.1 Å². The number of nitrogens with one attached hydrogen (secondary N) is 3. The predicted molar refractivity (Wildman–Crippen MR) is 129 cm³/mol. The molecule has 0 bridgehead atoms. The smallest absolute Gasteiger partial charge is 0.260 e. The molecule has 1 aromatic heterocycles. The highest BCUT2D eigenvalue weighted by Gasteiger charge is 2.32. The number of anilines is 1. The van der Waals surface area contributed by atoms with Crippen molar-refractivity contribution in [1.82, 2.24) is 15.6 Å². The Morgan fingerprint density at radius 2 is 2.00 bits per heavy atom. The van der Waals surface area contributed by atoms with Gasteiger partial charge in [0.2, 0.25) is 0 Å². The molecule has 0 unspecified atom stereocenters. The molecule has 2 aliphatic rings. The molecule has 1 aromatic carbocycles. The number of β-amino-alcohol motifs (C(OH)–C–C–N with tert-alkyl or cyclic N) is 1. The number of amides is 1. The first-order valence-electron chi connectivity index (χ1n) is 11.9. The van der Waals surface area contributed by atoms with Crippen LogP contribution in [-0.4, -0.2) is 53.1 Å². The normalized spacial score (nSPS) is 22.2. The Hall–Kier alpha value is -2.51. The standard InChI is InChI=1S/C25H35N5O2/c1-3-23(26)29-25(32)19-14-17-13-16(2)9-10-20(17)28-24(19)30-12-11-21(22(31)15-30)27-18-7-5-4-6-8-18/h9-10,13-14,18,21-22,27,31H,3-8,11-12,15H2,1-2H3,(H2,26,29,32)/t21-,22+/m0/s1. The van der Waals surface area contributed by atoms with Crippen molar-refractivity contribution < 1.29 is 9.90 Å². The summed E-state index contributed by atoms with van der Waals surface area (Å²) in [6.45, 7) is 5.00. The molecule has 172 valence electrons. The third kappa shape index (κ3) is 5.10. The van der Waals surface area contributed by atoms with Gasteiger partial charge in [0.15, 0.2) is 0 Å². The highest BCUT2D eigenvalue weighted by molar-refractivity contribution is 6.09. The predicted octanol–water partition coefficient (Wildman–Crippen LogP) is 3.52. The Morgan fingerprint density at radius 3 is 2.72 bits per heavy atom. The van der Waals surface area contributed by atoms with Crippen LogP contribution in [0.2, 0.25) is 0 Å². The zero-order valence-electron chi connectivity index (χ0n) is 19.2. The first-order valence-corrected chi connectivity index (χ1v) is 11.9. The summed E-state index contributed by atoms with van der Waals surface area (Å²) in [5.41, 5.74) is 2.38. The number of aryl methyl sites for hydroxylation is 1. The van der Waals surface area contributed by atoms with Crippen molar-refractivity contribution >= 4 is 28.5 Å². The van der Waals surface area contributed by atoms with Gasteiger partial charge >= 0.3 is 0 Å². The number of pyridine rings is 1. The Balaban J connectivity index is 1.58. The first kappa shape index (κ1) is 22.7. The molecule has 1 saturated carbocycles. The molecule has 7 heteroatoms. The van der Waals surface area contributed by atoms with Gasteiger partial charge in [-0.2, -0.15) is 0 Å². The molecule has 0 spiro atoms. The molecule has 4 rings (SSSR count). The largest absolute Gasteiger partial charge is 0.390 e. The van der Waals surface area contributed by atoms with E-state index >= 15 is 0 Å². The van der Waals surface area contributed by atoms with Gasteiger partial charge in [-0.05, 0) is 44.4 Å². The maximum absolute atomic E-state index is 13.0. The zero-order valence-corrected chi connectivity index (χ0v) is 19.2. The first-order chi connectivity index (χ1) is 15.4. The maximum atomic E-state index is 13.0. The van der Waals surface area contributed by atoms with Crippen molar-refractivity contribution in [3.63, 3.8) is 0 Å². The summed E-state index contributed by atoms with van der Waals surface area (Å²) in [6, 6.07) is 8.44. The number of nitrogens with zero attached hydrogens (tertiary/aromatic N) is 2. The lowest BCUT2D eigenvalue weighted by atomic mass is 9.92. The average molecular weight is 438 g/mol. The molecule has 2 atom stereocenters. The number of benzene rings is 1. The van der Waals surface area contributed by atoms with Crippen LogP contribution >= 0.6 is 0 Å². The van der Waals surface area contributed by atoms with E-state index in [2.05, 4.69) is 10.6 Å². The fraction of sp³-hybridized carbons (Fsp3) is 0.560. The number of rotatable bonds is 5. The second kappa shape index (κ2) is 9.96. The summed E-state index contributed by atoms with van der Waals surface area (Å²) < 4.78 is 0. The number of hydrogen-bond donors (Lipinski definition) is 4. The van der Waals surface area contributed by atoms with E-state index in [-0.39, 0.29) is 17.8 Å². The Kier molecular flexibility index (Phi) is 7.06. The number of hydrogen-bond acceptors (Lipinski definition) is 6. The number of aliphatic hydroxyl groups excluding tert-OH is 1. The van der Waals surface area contributed by atoms with E-state index in [4.69, 9.17) is 10.4 Å². The van der Waals surface area contributed by atoms with Crippen molar-refractivity contribution in [3.05, 3.63) is 35.4 Å². The number of aliphatic hydroxyl groups is 1. The molecule has 2 fully saturated rings. The minimum atomic E-state index is -0.522. The van der Waals surface area contributed by atoms with E-state index in [0.29, 0.717) is 30.4 Å². The molecular weight excluding hydrogens is 402 g/mol.